The fraction of sp³-hybridized carbons (Fsp3) is 0.500. The molecule has 0 radical (unpaired) electrons. The summed E-state index contributed by atoms with van der Waals surface area (Å²) in [6.07, 6.45) is 1.17. The molecular weight excluding hydrogens is 188 g/mol. The van der Waals surface area contributed by atoms with E-state index in [1.54, 1.807) is 0 Å². The smallest absolute Gasteiger partial charge is 0.154 e. The minimum atomic E-state index is -3.04. The Morgan fingerprint density at radius 1 is 1.23 bits per heavy atom. The Labute approximate surface area is 78.0 Å². The molecule has 1 rings (SSSR count). The van der Waals surface area contributed by atoms with E-state index in [2.05, 4.69) is 9.97 Å². The average Bonchev–Trinajstić information content (AvgIpc) is 1.78. The predicted molar refractivity (Wildman–Crippen MR) is 50.1 cm³/mol. The van der Waals surface area contributed by atoms with E-state index in [1.807, 2.05) is 19.9 Å². The summed E-state index contributed by atoms with van der Waals surface area (Å²) in [5.41, 5.74) is 1.59. The first-order valence-electron chi connectivity index (χ1n) is 3.86. The van der Waals surface area contributed by atoms with Crippen molar-refractivity contribution in [3.63, 3.8) is 0 Å². The van der Waals surface area contributed by atoms with Gasteiger partial charge in [-0.3, -0.25) is 0 Å². The number of nitrogens with zero attached hydrogens (tertiary/aromatic N) is 2. The normalized spacial score (nSPS) is 11.6. The Hall–Kier alpha value is -0.970. The first kappa shape index (κ1) is 10.1. The van der Waals surface area contributed by atoms with E-state index in [9.17, 15) is 8.42 Å². The molecule has 1 aromatic heterocycles. The van der Waals surface area contributed by atoms with Crippen LogP contribution in [0.3, 0.4) is 0 Å². The third kappa shape index (κ3) is 3.50. The SMILES string of the molecule is Cc1cc(C)nc(CS(C)(=O)=O)n1. The zero-order valence-corrected chi connectivity index (χ0v) is 8.72. The summed E-state index contributed by atoms with van der Waals surface area (Å²) in [7, 11) is -3.04. The fourth-order valence-corrected chi connectivity index (χ4v) is 1.70. The second-order valence-electron chi connectivity index (χ2n) is 3.14. The van der Waals surface area contributed by atoms with Crippen LogP contribution < -0.4 is 0 Å². The van der Waals surface area contributed by atoms with Crippen LogP contribution in [-0.2, 0) is 15.6 Å². The summed E-state index contributed by atoms with van der Waals surface area (Å²) in [4.78, 5) is 8.06. The van der Waals surface area contributed by atoms with Crippen LogP contribution in [0.15, 0.2) is 6.07 Å². The van der Waals surface area contributed by atoms with E-state index in [0.29, 0.717) is 5.82 Å². The monoisotopic (exact) mass is 200 g/mol. The Morgan fingerprint density at radius 2 is 1.69 bits per heavy atom. The second-order valence-corrected chi connectivity index (χ2v) is 5.28. The van der Waals surface area contributed by atoms with Gasteiger partial charge in [0.1, 0.15) is 11.6 Å². The molecular formula is C8H12N2O2S. The van der Waals surface area contributed by atoms with E-state index in [4.69, 9.17) is 0 Å². The highest BCUT2D eigenvalue weighted by Gasteiger charge is 2.07. The van der Waals surface area contributed by atoms with E-state index in [1.165, 1.54) is 6.26 Å². The van der Waals surface area contributed by atoms with Crippen molar-refractivity contribution in [2.45, 2.75) is 19.6 Å². The molecule has 72 valence electrons. The van der Waals surface area contributed by atoms with Gasteiger partial charge >= 0.3 is 0 Å². The summed E-state index contributed by atoms with van der Waals surface area (Å²) in [6.45, 7) is 3.64. The number of aryl methyl sites for hydroxylation is 2. The first-order chi connectivity index (χ1) is 5.87. The molecule has 13 heavy (non-hydrogen) atoms. The van der Waals surface area contributed by atoms with Crippen LogP contribution >= 0.6 is 0 Å². The van der Waals surface area contributed by atoms with Gasteiger partial charge in [-0.1, -0.05) is 0 Å². The van der Waals surface area contributed by atoms with Crippen molar-refractivity contribution >= 4 is 9.84 Å². The van der Waals surface area contributed by atoms with Crippen molar-refractivity contribution in [2.24, 2.45) is 0 Å². The lowest BCUT2D eigenvalue weighted by Crippen LogP contribution is -2.06. The van der Waals surface area contributed by atoms with Crippen molar-refractivity contribution in [1.29, 1.82) is 0 Å². The van der Waals surface area contributed by atoms with E-state index in [-0.39, 0.29) is 5.75 Å². The second kappa shape index (κ2) is 3.41. The number of sulfone groups is 1. The van der Waals surface area contributed by atoms with Gasteiger partial charge in [-0.2, -0.15) is 0 Å². The Kier molecular flexibility index (Phi) is 2.66. The van der Waals surface area contributed by atoms with Crippen LogP contribution in [0.4, 0.5) is 0 Å². The zero-order chi connectivity index (χ0) is 10.1. The van der Waals surface area contributed by atoms with Gasteiger partial charge in [0.05, 0.1) is 0 Å². The molecule has 5 heteroatoms. The van der Waals surface area contributed by atoms with Crippen LogP contribution in [0.1, 0.15) is 17.2 Å². The molecule has 0 atom stereocenters. The Morgan fingerprint density at radius 3 is 2.08 bits per heavy atom. The summed E-state index contributed by atoms with van der Waals surface area (Å²) in [6, 6.07) is 1.81. The quantitative estimate of drug-likeness (QED) is 0.703. The molecule has 0 bridgehead atoms. The van der Waals surface area contributed by atoms with Gasteiger partial charge < -0.3 is 0 Å². The lowest BCUT2D eigenvalue weighted by Gasteiger charge is -2.00. The first-order valence-corrected chi connectivity index (χ1v) is 5.92. The lowest BCUT2D eigenvalue weighted by molar-refractivity contribution is 0.599. The van der Waals surface area contributed by atoms with Gasteiger partial charge in [-0.05, 0) is 19.9 Å². The highest BCUT2D eigenvalue weighted by molar-refractivity contribution is 7.89. The van der Waals surface area contributed by atoms with Gasteiger partial charge in [-0.15, -0.1) is 0 Å². The molecule has 0 spiro atoms. The summed E-state index contributed by atoms with van der Waals surface area (Å²) < 4.78 is 21.9. The molecule has 4 nitrogen and oxygen atoms in total. The van der Waals surface area contributed by atoms with Crippen LogP contribution in [-0.4, -0.2) is 24.6 Å². The third-order valence-corrected chi connectivity index (χ3v) is 2.20. The standard InChI is InChI=1S/C8H12N2O2S/c1-6-4-7(2)10-8(9-6)5-13(3,11)12/h4H,5H2,1-3H3. The zero-order valence-electron chi connectivity index (χ0n) is 7.90. The van der Waals surface area contributed by atoms with Crippen molar-refractivity contribution in [1.82, 2.24) is 9.97 Å². The molecule has 0 aliphatic heterocycles. The highest BCUT2D eigenvalue weighted by atomic mass is 32.2. The van der Waals surface area contributed by atoms with Gasteiger partial charge in [-0.25, -0.2) is 18.4 Å². The van der Waals surface area contributed by atoms with Gasteiger partial charge in [0.25, 0.3) is 0 Å². The number of rotatable bonds is 2. The van der Waals surface area contributed by atoms with E-state index < -0.39 is 9.84 Å². The molecule has 0 aliphatic rings. The Balaban J connectivity index is 3.03. The van der Waals surface area contributed by atoms with Crippen molar-refractivity contribution < 1.29 is 8.42 Å². The predicted octanol–water partition coefficient (Wildman–Crippen LogP) is 0.638. The lowest BCUT2D eigenvalue weighted by atomic mass is 10.3. The van der Waals surface area contributed by atoms with E-state index in [0.717, 1.165) is 11.4 Å². The molecule has 0 unspecified atom stereocenters. The van der Waals surface area contributed by atoms with Crippen LogP contribution in [0.2, 0.25) is 0 Å². The van der Waals surface area contributed by atoms with Crippen molar-refractivity contribution in [3.8, 4) is 0 Å². The largest absolute Gasteiger partial charge is 0.237 e. The van der Waals surface area contributed by atoms with Crippen LogP contribution in [0.5, 0.6) is 0 Å². The summed E-state index contributed by atoms with van der Waals surface area (Å²) >= 11 is 0. The number of hydrogen-bond acceptors (Lipinski definition) is 4. The molecule has 1 heterocycles. The molecule has 0 saturated carbocycles. The Bertz CT molecular complexity index is 392. The van der Waals surface area contributed by atoms with Gasteiger partial charge in [0.15, 0.2) is 9.84 Å². The highest BCUT2D eigenvalue weighted by Crippen LogP contribution is 2.02. The summed E-state index contributed by atoms with van der Waals surface area (Å²) in [5, 5.41) is 0. The molecule has 1 aromatic rings. The average molecular weight is 200 g/mol. The van der Waals surface area contributed by atoms with Crippen LogP contribution in [0, 0.1) is 13.8 Å². The van der Waals surface area contributed by atoms with Crippen molar-refractivity contribution in [3.05, 3.63) is 23.3 Å². The molecule has 0 saturated heterocycles. The summed E-state index contributed by atoms with van der Waals surface area (Å²) in [5.74, 6) is 0.287. The maximum Gasteiger partial charge on any atom is 0.154 e. The van der Waals surface area contributed by atoms with Crippen LogP contribution in [0.25, 0.3) is 0 Å². The molecule has 0 N–H and O–H groups in total. The minimum absolute atomic E-state index is 0.0878. The van der Waals surface area contributed by atoms with Gasteiger partial charge in [0.2, 0.25) is 0 Å². The maximum atomic E-state index is 10.9. The minimum Gasteiger partial charge on any atom is -0.237 e. The maximum absolute atomic E-state index is 10.9. The van der Waals surface area contributed by atoms with Gasteiger partial charge in [0, 0.05) is 17.6 Å². The van der Waals surface area contributed by atoms with E-state index >= 15 is 0 Å². The molecule has 0 amide bonds. The number of hydrogen-bond donors (Lipinski definition) is 0. The van der Waals surface area contributed by atoms with Crippen molar-refractivity contribution in [2.75, 3.05) is 6.26 Å². The topological polar surface area (TPSA) is 59.9 Å². The molecule has 0 aliphatic carbocycles. The molecule has 0 aromatic carbocycles. The number of aromatic nitrogens is 2. The fourth-order valence-electron chi connectivity index (χ4n) is 1.10. The third-order valence-electron chi connectivity index (χ3n) is 1.42. The molecule has 0 fully saturated rings.